The summed E-state index contributed by atoms with van der Waals surface area (Å²) in [5, 5.41) is 10.0. The van der Waals surface area contributed by atoms with Gasteiger partial charge in [-0.25, -0.2) is 17.2 Å². The number of sulfone groups is 1. The van der Waals surface area contributed by atoms with E-state index in [4.69, 9.17) is 11.6 Å². The van der Waals surface area contributed by atoms with Crippen LogP contribution in [0, 0.1) is 11.6 Å². The minimum absolute atomic E-state index is 0.0656. The smallest absolute Gasteiger partial charge is 0.206 e. The Labute approximate surface area is 148 Å². The van der Waals surface area contributed by atoms with E-state index in [1.807, 2.05) is 0 Å². The fraction of sp³-hybridized carbons (Fsp3) is 0. The molecular weight excluding hydrogens is 370 g/mol. The van der Waals surface area contributed by atoms with E-state index in [-0.39, 0.29) is 31.7 Å². The van der Waals surface area contributed by atoms with E-state index in [1.165, 1.54) is 36.4 Å². The molecule has 3 aromatic rings. The van der Waals surface area contributed by atoms with E-state index in [2.05, 4.69) is 0 Å². The lowest BCUT2D eigenvalue weighted by atomic mass is 10.0. The highest BCUT2D eigenvalue weighted by molar-refractivity contribution is 7.91. The fourth-order valence-corrected chi connectivity index (χ4v) is 3.95. The standard InChI is InChI=1S/C18H11ClF2O3S/c19-11-2-1-3-13(8-11)25(23,24)14-5-6-15(17(21)10-14)16-9-12(20)4-7-18(16)22/h1-10,22H. The van der Waals surface area contributed by atoms with Crippen molar-refractivity contribution in [3.05, 3.63) is 77.3 Å². The number of hydrogen-bond donors (Lipinski definition) is 1. The van der Waals surface area contributed by atoms with Gasteiger partial charge >= 0.3 is 0 Å². The van der Waals surface area contributed by atoms with Crippen LogP contribution in [0.1, 0.15) is 0 Å². The summed E-state index contributed by atoms with van der Waals surface area (Å²) in [4.78, 5) is -0.340. The van der Waals surface area contributed by atoms with Crippen LogP contribution in [0.25, 0.3) is 11.1 Å². The molecule has 0 saturated heterocycles. The van der Waals surface area contributed by atoms with Crippen LogP contribution in [0.5, 0.6) is 5.75 Å². The first-order chi connectivity index (χ1) is 11.8. The fourth-order valence-electron chi connectivity index (χ4n) is 2.38. The van der Waals surface area contributed by atoms with Gasteiger partial charge in [0.05, 0.1) is 9.79 Å². The topological polar surface area (TPSA) is 54.4 Å². The molecule has 0 saturated carbocycles. The van der Waals surface area contributed by atoms with Gasteiger partial charge in [-0.1, -0.05) is 17.7 Å². The van der Waals surface area contributed by atoms with Crippen molar-refractivity contribution in [1.29, 1.82) is 0 Å². The van der Waals surface area contributed by atoms with Gasteiger partial charge in [-0.3, -0.25) is 0 Å². The van der Waals surface area contributed by atoms with Gasteiger partial charge in [0.15, 0.2) is 0 Å². The van der Waals surface area contributed by atoms with E-state index in [1.54, 1.807) is 0 Å². The molecule has 0 aromatic heterocycles. The number of aromatic hydroxyl groups is 1. The van der Waals surface area contributed by atoms with Crippen molar-refractivity contribution in [3.8, 4) is 16.9 Å². The molecule has 0 heterocycles. The highest BCUT2D eigenvalue weighted by atomic mass is 35.5. The molecule has 7 heteroatoms. The van der Waals surface area contributed by atoms with Crippen LogP contribution in [0.4, 0.5) is 8.78 Å². The van der Waals surface area contributed by atoms with Gasteiger partial charge in [-0.2, -0.15) is 0 Å². The second kappa shape index (κ2) is 6.46. The zero-order valence-corrected chi connectivity index (χ0v) is 14.2. The van der Waals surface area contributed by atoms with Crippen molar-refractivity contribution in [2.45, 2.75) is 9.79 Å². The summed E-state index contributed by atoms with van der Waals surface area (Å²) in [5.74, 6) is -1.86. The molecule has 0 radical (unpaired) electrons. The van der Waals surface area contributed by atoms with Gasteiger partial charge in [0.2, 0.25) is 9.84 Å². The number of hydrogen-bond acceptors (Lipinski definition) is 3. The average molecular weight is 381 g/mol. The Morgan fingerprint density at radius 2 is 1.56 bits per heavy atom. The highest BCUT2D eigenvalue weighted by Crippen LogP contribution is 2.33. The monoisotopic (exact) mass is 380 g/mol. The molecule has 0 amide bonds. The predicted molar refractivity (Wildman–Crippen MR) is 90.4 cm³/mol. The van der Waals surface area contributed by atoms with Crippen LogP contribution in [0.3, 0.4) is 0 Å². The molecule has 0 aliphatic rings. The molecular formula is C18H11ClF2O3S. The molecule has 0 bridgehead atoms. The van der Waals surface area contributed by atoms with Crippen LogP contribution in [0.2, 0.25) is 5.02 Å². The van der Waals surface area contributed by atoms with Gasteiger partial charge in [0, 0.05) is 16.1 Å². The maximum atomic E-state index is 14.4. The molecule has 3 nitrogen and oxygen atoms in total. The Kier molecular flexibility index (Phi) is 4.49. The predicted octanol–water partition coefficient (Wildman–Crippen LogP) is 4.82. The Hall–Kier alpha value is -2.44. The summed E-state index contributed by atoms with van der Waals surface area (Å²) < 4.78 is 52.9. The third kappa shape index (κ3) is 3.36. The third-order valence-corrected chi connectivity index (χ3v) is 5.59. The molecule has 0 aliphatic carbocycles. The van der Waals surface area contributed by atoms with Crippen molar-refractivity contribution in [2.24, 2.45) is 0 Å². The SMILES string of the molecule is O=S(=O)(c1cccc(Cl)c1)c1ccc(-c2cc(F)ccc2O)c(F)c1. The molecule has 25 heavy (non-hydrogen) atoms. The summed E-state index contributed by atoms with van der Waals surface area (Å²) in [6, 6.07) is 11.9. The highest BCUT2D eigenvalue weighted by Gasteiger charge is 2.20. The van der Waals surface area contributed by atoms with Crippen LogP contribution in [-0.2, 0) is 9.84 Å². The Morgan fingerprint density at radius 1 is 0.840 bits per heavy atom. The Morgan fingerprint density at radius 3 is 2.24 bits per heavy atom. The van der Waals surface area contributed by atoms with Gasteiger partial charge in [-0.05, 0) is 54.6 Å². The molecule has 0 atom stereocenters. The van der Waals surface area contributed by atoms with E-state index in [0.717, 1.165) is 24.3 Å². The Balaban J connectivity index is 2.10. The summed E-state index contributed by atoms with van der Waals surface area (Å²) in [6.45, 7) is 0. The lowest BCUT2D eigenvalue weighted by Crippen LogP contribution is -2.03. The number of benzene rings is 3. The maximum absolute atomic E-state index is 14.4. The first-order valence-electron chi connectivity index (χ1n) is 7.08. The van der Waals surface area contributed by atoms with Crippen molar-refractivity contribution in [2.75, 3.05) is 0 Å². The summed E-state index contributed by atoms with van der Waals surface area (Å²) in [5.41, 5.74) is -0.175. The second-order valence-corrected chi connectivity index (χ2v) is 7.65. The van der Waals surface area contributed by atoms with E-state index in [0.29, 0.717) is 0 Å². The molecule has 0 fully saturated rings. The lowest BCUT2D eigenvalue weighted by Gasteiger charge is -2.09. The molecule has 1 N–H and O–H groups in total. The van der Waals surface area contributed by atoms with Crippen molar-refractivity contribution in [3.63, 3.8) is 0 Å². The molecule has 3 aromatic carbocycles. The van der Waals surface area contributed by atoms with Crippen LogP contribution in [0.15, 0.2) is 70.5 Å². The lowest BCUT2D eigenvalue weighted by molar-refractivity contribution is 0.474. The average Bonchev–Trinajstić information content (AvgIpc) is 2.57. The van der Waals surface area contributed by atoms with Crippen LogP contribution < -0.4 is 0 Å². The summed E-state index contributed by atoms with van der Waals surface area (Å²) >= 11 is 5.81. The first kappa shape index (κ1) is 17.4. The minimum atomic E-state index is -3.96. The zero-order valence-electron chi connectivity index (χ0n) is 12.6. The van der Waals surface area contributed by atoms with Crippen molar-refractivity contribution < 1.29 is 22.3 Å². The minimum Gasteiger partial charge on any atom is -0.507 e. The normalized spacial score (nSPS) is 11.5. The van der Waals surface area contributed by atoms with Gasteiger partial charge in [0.1, 0.15) is 17.4 Å². The van der Waals surface area contributed by atoms with E-state index < -0.39 is 21.5 Å². The molecule has 3 rings (SSSR count). The maximum Gasteiger partial charge on any atom is 0.206 e. The summed E-state index contributed by atoms with van der Waals surface area (Å²) in [6.07, 6.45) is 0. The van der Waals surface area contributed by atoms with Gasteiger partial charge in [-0.15, -0.1) is 0 Å². The zero-order chi connectivity index (χ0) is 18.2. The molecule has 0 spiro atoms. The van der Waals surface area contributed by atoms with Gasteiger partial charge in [0.25, 0.3) is 0 Å². The number of rotatable bonds is 3. The van der Waals surface area contributed by atoms with Crippen molar-refractivity contribution in [1.82, 2.24) is 0 Å². The number of phenolic OH excluding ortho intramolecular Hbond substituents is 1. The largest absolute Gasteiger partial charge is 0.507 e. The van der Waals surface area contributed by atoms with Crippen LogP contribution >= 0.6 is 11.6 Å². The quantitative estimate of drug-likeness (QED) is 0.708. The van der Waals surface area contributed by atoms with Crippen molar-refractivity contribution >= 4 is 21.4 Å². The summed E-state index contributed by atoms with van der Waals surface area (Å²) in [7, 11) is -3.96. The van der Waals surface area contributed by atoms with E-state index >= 15 is 0 Å². The van der Waals surface area contributed by atoms with E-state index in [9.17, 15) is 22.3 Å². The molecule has 0 aliphatic heterocycles. The van der Waals surface area contributed by atoms with Crippen LogP contribution in [-0.4, -0.2) is 13.5 Å². The number of halogens is 3. The number of phenols is 1. The molecule has 0 unspecified atom stereocenters. The van der Waals surface area contributed by atoms with Gasteiger partial charge < -0.3 is 5.11 Å². The Bertz CT molecular complexity index is 1070. The second-order valence-electron chi connectivity index (χ2n) is 5.26. The molecule has 128 valence electrons. The third-order valence-electron chi connectivity index (χ3n) is 3.61. The first-order valence-corrected chi connectivity index (χ1v) is 8.94.